The van der Waals surface area contributed by atoms with Crippen molar-refractivity contribution < 1.29 is 18.0 Å². The number of nitrogens with zero attached hydrogens (tertiary/aromatic N) is 1. The average molecular weight is 227 g/mol. The quantitative estimate of drug-likeness (QED) is 0.624. The third-order valence-corrected chi connectivity index (χ3v) is 3.28. The van der Waals surface area contributed by atoms with Crippen molar-refractivity contribution in [3.8, 4) is 0 Å². The molecule has 0 N–H and O–H groups in total. The van der Waals surface area contributed by atoms with Gasteiger partial charge in [0.2, 0.25) is 5.91 Å². The molecule has 0 atom stereocenters. The van der Waals surface area contributed by atoms with Crippen LogP contribution in [0.25, 0.3) is 0 Å². The van der Waals surface area contributed by atoms with Crippen molar-refractivity contribution in [3.63, 3.8) is 0 Å². The molecule has 1 aromatic rings. The van der Waals surface area contributed by atoms with Gasteiger partial charge in [-0.15, -0.1) is 13.2 Å². The zero-order chi connectivity index (χ0) is 11.6. The summed E-state index contributed by atoms with van der Waals surface area (Å²) < 4.78 is 38.3. The van der Waals surface area contributed by atoms with Crippen LogP contribution in [0.1, 0.15) is 18.4 Å². The number of amides is 1. The second-order valence-electron chi connectivity index (χ2n) is 4.21. The van der Waals surface area contributed by atoms with Gasteiger partial charge in [-0.1, -0.05) is 18.2 Å². The van der Waals surface area contributed by atoms with E-state index in [2.05, 4.69) is 0 Å². The molecule has 0 aromatic heterocycles. The number of fused-ring (bicyclic) bond motifs is 2. The zero-order valence-electron chi connectivity index (χ0n) is 8.21. The molecule has 1 aliphatic carbocycles. The summed E-state index contributed by atoms with van der Waals surface area (Å²) in [6.45, 7) is 0. The molecule has 1 saturated carbocycles. The summed E-state index contributed by atoms with van der Waals surface area (Å²) in [5.41, 5.74) is -0.346. The Bertz CT molecular complexity index is 476. The number of rotatable bonds is 0. The fourth-order valence-corrected chi connectivity index (χ4v) is 2.37. The maximum atomic E-state index is 12.8. The molecule has 2 nitrogen and oxygen atoms in total. The first kappa shape index (κ1) is 9.69. The van der Waals surface area contributed by atoms with E-state index in [0.29, 0.717) is 18.4 Å². The molecule has 3 rings (SSSR count). The highest BCUT2D eigenvalue weighted by molar-refractivity contribution is 6.10. The Balaban J connectivity index is 2.21. The summed E-state index contributed by atoms with van der Waals surface area (Å²) in [7, 11) is 0. The van der Waals surface area contributed by atoms with Crippen LogP contribution in [-0.4, -0.2) is 12.2 Å². The Morgan fingerprint density at radius 3 is 2.38 bits per heavy atom. The van der Waals surface area contributed by atoms with Crippen LogP contribution in [0.4, 0.5) is 18.9 Å². The van der Waals surface area contributed by atoms with Crippen molar-refractivity contribution in [1.82, 2.24) is 0 Å². The largest absolute Gasteiger partial charge is 0.491 e. The summed E-state index contributed by atoms with van der Waals surface area (Å²) in [6.07, 6.45) is -3.58. The fraction of sp³-hybridized carbons (Fsp3) is 0.364. The number of halogens is 3. The van der Waals surface area contributed by atoms with Crippen molar-refractivity contribution in [2.75, 3.05) is 4.90 Å². The highest BCUT2D eigenvalue weighted by atomic mass is 19.4. The molecule has 5 heteroatoms. The lowest BCUT2D eigenvalue weighted by Crippen LogP contribution is -2.43. The minimum atomic E-state index is -4.63. The fourth-order valence-electron chi connectivity index (χ4n) is 2.37. The highest BCUT2D eigenvalue weighted by Gasteiger charge is 2.64. The van der Waals surface area contributed by atoms with Gasteiger partial charge in [0.05, 0.1) is 11.1 Å². The maximum absolute atomic E-state index is 12.8. The van der Waals surface area contributed by atoms with Crippen LogP contribution in [0.3, 0.4) is 0 Å². The number of carbonyl (C=O) groups is 1. The topological polar surface area (TPSA) is 20.3 Å². The van der Waals surface area contributed by atoms with E-state index < -0.39 is 17.6 Å². The molecule has 1 spiro atoms. The van der Waals surface area contributed by atoms with Gasteiger partial charge in [-0.2, -0.15) is 0 Å². The monoisotopic (exact) mass is 227 g/mol. The predicted molar refractivity (Wildman–Crippen MR) is 50.9 cm³/mol. The van der Waals surface area contributed by atoms with Gasteiger partial charge >= 0.3 is 6.30 Å². The van der Waals surface area contributed by atoms with Crippen LogP contribution >= 0.6 is 0 Å². The van der Waals surface area contributed by atoms with Crippen LogP contribution in [-0.2, 0) is 10.2 Å². The first-order valence-electron chi connectivity index (χ1n) is 4.98. The van der Waals surface area contributed by atoms with Crippen molar-refractivity contribution in [3.05, 3.63) is 29.8 Å². The number of anilines is 1. The average Bonchev–Trinajstić information content (AvgIpc) is 2.92. The molecule has 1 aliphatic heterocycles. The minimum Gasteiger partial charge on any atom is -0.273 e. The van der Waals surface area contributed by atoms with Gasteiger partial charge in [0.25, 0.3) is 0 Å². The van der Waals surface area contributed by atoms with Crippen LogP contribution < -0.4 is 4.90 Å². The molecular weight excluding hydrogens is 219 g/mol. The second kappa shape index (κ2) is 2.59. The van der Waals surface area contributed by atoms with E-state index in [1.54, 1.807) is 12.1 Å². The van der Waals surface area contributed by atoms with E-state index in [-0.39, 0.29) is 10.6 Å². The van der Waals surface area contributed by atoms with Crippen molar-refractivity contribution >= 4 is 11.6 Å². The Morgan fingerprint density at radius 1 is 1.19 bits per heavy atom. The summed E-state index contributed by atoms with van der Waals surface area (Å²) in [6, 6.07) is 6.16. The number of alkyl halides is 3. The molecular formula is C11H8F3NO. The molecule has 0 saturated heterocycles. The highest BCUT2D eigenvalue weighted by Crippen LogP contribution is 2.58. The third kappa shape index (κ3) is 1.00. The third-order valence-electron chi connectivity index (χ3n) is 3.28. The molecule has 2 aliphatic rings. The number of benzene rings is 1. The zero-order valence-corrected chi connectivity index (χ0v) is 8.21. The van der Waals surface area contributed by atoms with Crippen molar-refractivity contribution in [2.24, 2.45) is 0 Å². The first-order chi connectivity index (χ1) is 7.47. The van der Waals surface area contributed by atoms with Crippen LogP contribution in [0.5, 0.6) is 0 Å². The van der Waals surface area contributed by atoms with Gasteiger partial charge in [0, 0.05) is 0 Å². The minimum absolute atomic E-state index is 0.00231. The molecule has 1 aromatic carbocycles. The lowest BCUT2D eigenvalue weighted by molar-refractivity contribution is -0.150. The van der Waals surface area contributed by atoms with Gasteiger partial charge < -0.3 is 0 Å². The first-order valence-corrected chi connectivity index (χ1v) is 4.98. The van der Waals surface area contributed by atoms with E-state index in [0.717, 1.165) is 0 Å². The van der Waals surface area contributed by atoms with Gasteiger partial charge in [0.15, 0.2) is 0 Å². The molecule has 84 valence electrons. The molecule has 0 radical (unpaired) electrons. The summed E-state index contributed by atoms with van der Waals surface area (Å²) in [5.74, 6) is -0.818. The molecule has 0 unspecified atom stereocenters. The van der Waals surface area contributed by atoms with Crippen LogP contribution in [0.2, 0.25) is 0 Å². The van der Waals surface area contributed by atoms with E-state index in [1.165, 1.54) is 12.1 Å². The molecule has 1 heterocycles. The lowest BCUT2D eigenvalue weighted by atomic mass is 9.98. The van der Waals surface area contributed by atoms with Gasteiger partial charge in [-0.3, -0.25) is 4.79 Å². The molecule has 1 amide bonds. The van der Waals surface area contributed by atoms with Crippen molar-refractivity contribution in [1.29, 1.82) is 0 Å². The number of hydrogen-bond acceptors (Lipinski definition) is 1. The number of para-hydroxylation sites is 1. The molecule has 0 bridgehead atoms. The smallest absolute Gasteiger partial charge is 0.273 e. The van der Waals surface area contributed by atoms with E-state index in [9.17, 15) is 18.0 Å². The van der Waals surface area contributed by atoms with Gasteiger partial charge in [-0.05, 0) is 24.5 Å². The van der Waals surface area contributed by atoms with Gasteiger partial charge in [-0.25, -0.2) is 4.90 Å². The number of carbonyl (C=O) groups excluding carboxylic acids is 1. The van der Waals surface area contributed by atoms with Crippen molar-refractivity contribution in [2.45, 2.75) is 24.6 Å². The van der Waals surface area contributed by atoms with Crippen LogP contribution in [0.15, 0.2) is 24.3 Å². The Kier molecular flexibility index (Phi) is 1.57. The van der Waals surface area contributed by atoms with E-state index >= 15 is 0 Å². The Morgan fingerprint density at radius 2 is 1.81 bits per heavy atom. The normalized spacial score (nSPS) is 21.4. The van der Waals surface area contributed by atoms with Crippen LogP contribution in [0, 0.1) is 0 Å². The molecule has 16 heavy (non-hydrogen) atoms. The van der Waals surface area contributed by atoms with E-state index in [4.69, 9.17) is 0 Å². The Labute approximate surface area is 89.7 Å². The standard InChI is InChI=1S/C11H8F3NO/c12-11(13,14)15-8-4-2-1-3-7(8)10(5-6-10)9(15)16/h1-4H,5-6H2. The Hall–Kier alpha value is -1.52. The SMILES string of the molecule is O=C1N(C(F)(F)F)c2ccccc2C12CC2. The molecule has 1 fully saturated rings. The number of hydrogen-bond donors (Lipinski definition) is 0. The predicted octanol–water partition coefficient (Wildman–Crippen LogP) is 2.58. The van der Waals surface area contributed by atoms with Gasteiger partial charge in [0.1, 0.15) is 0 Å². The summed E-state index contributed by atoms with van der Waals surface area (Å²) in [5, 5.41) is 0. The van der Waals surface area contributed by atoms with E-state index in [1.807, 2.05) is 0 Å². The summed E-state index contributed by atoms with van der Waals surface area (Å²) in [4.78, 5) is 11.8. The summed E-state index contributed by atoms with van der Waals surface area (Å²) >= 11 is 0. The lowest BCUT2D eigenvalue weighted by Gasteiger charge is -2.20. The maximum Gasteiger partial charge on any atom is 0.491 e. The second-order valence-corrected chi connectivity index (χ2v) is 4.21.